The molecule has 6 heteroatoms. The van der Waals surface area contributed by atoms with Crippen molar-refractivity contribution in [2.75, 3.05) is 18.1 Å². The molecule has 1 atom stereocenters. The second kappa shape index (κ2) is 5.77. The number of aliphatic hydroxyl groups excluding tert-OH is 1. The van der Waals surface area contributed by atoms with Gasteiger partial charge in [-0.15, -0.1) is 0 Å². The molecule has 1 unspecified atom stereocenters. The molecular weight excluding hydrogens is 234 g/mol. The van der Waals surface area contributed by atoms with Gasteiger partial charge in [0.2, 0.25) is 0 Å². The van der Waals surface area contributed by atoms with Crippen LogP contribution in [-0.4, -0.2) is 45.3 Å². The molecule has 0 saturated carbocycles. The van der Waals surface area contributed by atoms with E-state index < -0.39 is 5.97 Å². The predicted octanol–water partition coefficient (Wildman–Crippen LogP) is 0.916. The van der Waals surface area contributed by atoms with Gasteiger partial charge in [0.15, 0.2) is 5.69 Å². The third-order valence-corrected chi connectivity index (χ3v) is 3.22. The molecule has 1 saturated heterocycles. The summed E-state index contributed by atoms with van der Waals surface area (Å²) >= 11 is 0. The minimum atomic E-state index is -1.08. The van der Waals surface area contributed by atoms with Crippen LogP contribution in [0.5, 0.6) is 0 Å². The van der Waals surface area contributed by atoms with Crippen LogP contribution in [0.15, 0.2) is 12.4 Å². The van der Waals surface area contributed by atoms with Gasteiger partial charge in [0.25, 0.3) is 0 Å². The van der Waals surface area contributed by atoms with Crippen molar-refractivity contribution in [2.24, 2.45) is 0 Å². The van der Waals surface area contributed by atoms with Gasteiger partial charge >= 0.3 is 5.97 Å². The van der Waals surface area contributed by atoms with Gasteiger partial charge in [-0.3, -0.25) is 4.98 Å². The van der Waals surface area contributed by atoms with Crippen LogP contribution >= 0.6 is 0 Å². The number of aromatic carboxylic acids is 1. The molecule has 1 aliphatic rings. The highest BCUT2D eigenvalue weighted by Gasteiger charge is 2.22. The van der Waals surface area contributed by atoms with Gasteiger partial charge in [-0.25, -0.2) is 9.78 Å². The fourth-order valence-electron chi connectivity index (χ4n) is 2.27. The molecule has 2 rings (SSSR count). The summed E-state index contributed by atoms with van der Waals surface area (Å²) < 4.78 is 0. The molecule has 6 nitrogen and oxygen atoms in total. The van der Waals surface area contributed by atoms with E-state index in [9.17, 15) is 9.90 Å². The molecule has 0 radical (unpaired) electrons. The Morgan fingerprint density at radius 1 is 1.39 bits per heavy atom. The Morgan fingerprint density at radius 3 is 2.94 bits per heavy atom. The van der Waals surface area contributed by atoms with Crippen LogP contribution in [0.25, 0.3) is 0 Å². The molecule has 0 aromatic carbocycles. The van der Waals surface area contributed by atoms with Crippen LogP contribution in [0.1, 0.15) is 36.2 Å². The number of hydrogen-bond acceptors (Lipinski definition) is 5. The number of aromatic nitrogens is 2. The van der Waals surface area contributed by atoms with Crippen molar-refractivity contribution < 1.29 is 15.0 Å². The molecular formula is C12H17N3O3. The average Bonchev–Trinajstić information content (AvgIpc) is 2.63. The molecule has 2 N–H and O–H groups in total. The summed E-state index contributed by atoms with van der Waals surface area (Å²) in [5.74, 6) is -0.546. The number of nitrogens with zero attached hydrogens (tertiary/aromatic N) is 3. The minimum absolute atomic E-state index is 0.00541. The van der Waals surface area contributed by atoms with Crippen LogP contribution in [0.3, 0.4) is 0 Å². The fraction of sp³-hybridized carbons (Fsp3) is 0.583. The van der Waals surface area contributed by atoms with Crippen molar-refractivity contribution in [2.45, 2.75) is 31.7 Å². The molecule has 1 aromatic heterocycles. The first-order valence-corrected chi connectivity index (χ1v) is 6.15. The number of carboxylic acids is 1. The molecule has 0 spiro atoms. The van der Waals surface area contributed by atoms with Crippen LogP contribution in [0.4, 0.5) is 5.82 Å². The number of rotatable bonds is 3. The van der Waals surface area contributed by atoms with Gasteiger partial charge in [-0.1, -0.05) is 12.8 Å². The van der Waals surface area contributed by atoms with Crippen molar-refractivity contribution in [3.63, 3.8) is 0 Å². The highest BCUT2D eigenvalue weighted by atomic mass is 16.4. The predicted molar refractivity (Wildman–Crippen MR) is 65.7 cm³/mol. The van der Waals surface area contributed by atoms with Crippen molar-refractivity contribution >= 4 is 11.8 Å². The topological polar surface area (TPSA) is 86.5 Å². The lowest BCUT2D eigenvalue weighted by Gasteiger charge is -2.29. The van der Waals surface area contributed by atoms with Crippen molar-refractivity contribution in [3.8, 4) is 0 Å². The van der Waals surface area contributed by atoms with Crippen molar-refractivity contribution in [3.05, 3.63) is 18.1 Å². The number of anilines is 1. The average molecular weight is 251 g/mol. The normalized spacial score (nSPS) is 20.5. The van der Waals surface area contributed by atoms with E-state index >= 15 is 0 Å². The Labute approximate surface area is 105 Å². The van der Waals surface area contributed by atoms with E-state index in [0.29, 0.717) is 5.82 Å². The second-order valence-corrected chi connectivity index (χ2v) is 4.45. The molecule has 1 aromatic rings. The maximum absolute atomic E-state index is 10.9. The van der Waals surface area contributed by atoms with E-state index in [4.69, 9.17) is 5.11 Å². The maximum atomic E-state index is 10.9. The van der Waals surface area contributed by atoms with Gasteiger partial charge in [0, 0.05) is 6.54 Å². The third-order valence-electron chi connectivity index (χ3n) is 3.22. The number of carbonyl (C=O) groups is 1. The summed E-state index contributed by atoms with van der Waals surface area (Å²) in [5, 5.41) is 18.3. The quantitative estimate of drug-likeness (QED) is 0.830. The summed E-state index contributed by atoms with van der Waals surface area (Å²) in [6, 6.07) is 0.00541. The molecule has 0 aliphatic carbocycles. The second-order valence-electron chi connectivity index (χ2n) is 4.45. The summed E-state index contributed by atoms with van der Waals surface area (Å²) in [5.41, 5.74) is -0.0616. The Hall–Kier alpha value is -1.69. The zero-order valence-corrected chi connectivity index (χ0v) is 10.1. The fourth-order valence-corrected chi connectivity index (χ4v) is 2.27. The van der Waals surface area contributed by atoms with Crippen molar-refractivity contribution in [1.29, 1.82) is 0 Å². The van der Waals surface area contributed by atoms with E-state index in [1.165, 1.54) is 6.20 Å². The molecule has 0 bridgehead atoms. The Morgan fingerprint density at radius 2 is 2.22 bits per heavy atom. The van der Waals surface area contributed by atoms with E-state index in [0.717, 1.165) is 32.2 Å². The van der Waals surface area contributed by atoms with E-state index in [1.807, 2.05) is 4.90 Å². The summed E-state index contributed by atoms with van der Waals surface area (Å²) in [6.07, 6.45) is 6.91. The molecule has 98 valence electrons. The standard InChI is InChI=1S/C12H17N3O3/c16-8-9-4-2-1-3-5-15(9)11-7-13-6-10(14-11)12(17)18/h6-7,9,16H,1-5,8H2,(H,17,18). The first kappa shape index (κ1) is 12.8. The van der Waals surface area contributed by atoms with E-state index in [-0.39, 0.29) is 18.3 Å². The third kappa shape index (κ3) is 2.76. The smallest absolute Gasteiger partial charge is 0.356 e. The van der Waals surface area contributed by atoms with Gasteiger partial charge in [0.1, 0.15) is 5.82 Å². The highest BCUT2D eigenvalue weighted by Crippen LogP contribution is 2.21. The molecule has 18 heavy (non-hydrogen) atoms. The van der Waals surface area contributed by atoms with Crippen LogP contribution in [-0.2, 0) is 0 Å². The Bertz CT molecular complexity index is 425. The van der Waals surface area contributed by atoms with E-state index in [2.05, 4.69) is 9.97 Å². The SMILES string of the molecule is O=C(O)c1cncc(N2CCCCCC2CO)n1. The molecule has 1 aliphatic heterocycles. The van der Waals surface area contributed by atoms with Crippen molar-refractivity contribution in [1.82, 2.24) is 9.97 Å². The van der Waals surface area contributed by atoms with Crippen LogP contribution in [0, 0.1) is 0 Å². The Kier molecular flexibility index (Phi) is 4.09. The van der Waals surface area contributed by atoms with Gasteiger partial charge in [-0.05, 0) is 12.8 Å². The summed E-state index contributed by atoms with van der Waals surface area (Å²) in [7, 11) is 0. The first-order valence-electron chi connectivity index (χ1n) is 6.15. The lowest BCUT2D eigenvalue weighted by molar-refractivity contribution is 0.0690. The van der Waals surface area contributed by atoms with E-state index in [1.54, 1.807) is 6.20 Å². The van der Waals surface area contributed by atoms with Gasteiger partial charge in [-0.2, -0.15) is 0 Å². The zero-order chi connectivity index (χ0) is 13.0. The minimum Gasteiger partial charge on any atom is -0.476 e. The monoisotopic (exact) mass is 251 g/mol. The first-order chi connectivity index (χ1) is 8.72. The van der Waals surface area contributed by atoms with Gasteiger partial charge < -0.3 is 15.1 Å². The molecule has 0 amide bonds. The largest absolute Gasteiger partial charge is 0.476 e. The molecule has 1 fully saturated rings. The number of aliphatic hydroxyl groups is 1. The number of carboxylic acid groups (broad SMARTS) is 1. The van der Waals surface area contributed by atoms with Gasteiger partial charge in [0.05, 0.1) is 25.0 Å². The lowest BCUT2D eigenvalue weighted by Crippen LogP contribution is -2.38. The Balaban J connectivity index is 2.26. The summed E-state index contributed by atoms with van der Waals surface area (Å²) in [6.45, 7) is 0.835. The zero-order valence-electron chi connectivity index (χ0n) is 10.1. The summed E-state index contributed by atoms with van der Waals surface area (Å²) in [4.78, 5) is 20.9. The maximum Gasteiger partial charge on any atom is 0.356 e. The highest BCUT2D eigenvalue weighted by molar-refractivity contribution is 5.85. The lowest BCUT2D eigenvalue weighted by atomic mass is 10.1. The van der Waals surface area contributed by atoms with Crippen LogP contribution in [0.2, 0.25) is 0 Å². The number of hydrogen-bond donors (Lipinski definition) is 2. The molecule has 2 heterocycles. The van der Waals surface area contributed by atoms with Crippen LogP contribution < -0.4 is 4.90 Å².